The van der Waals surface area contributed by atoms with Crippen LogP contribution in [-0.2, 0) is 25.4 Å². The van der Waals surface area contributed by atoms with Crippen LogP contribution in [0.25, 0.3) is 11.5 Å². The summed E-state index contributed by atoms with van der Waals surface area (Å²) < 4.78 is 27.8. The number of methoxy groups -OCH3 is 1. The van der Waals surface area contributed by atoms with Crippen LogP contribution in [0.1, 0.15) is 35.4 Å². The molecule has 1 aliphatic rings. The van der Waals surface area contributed by atoms with E-state index < -0.39 is 11.8 Å². The van der Waals surface area contributed by atoms with Crippen molar-refractivity contribution in [3.63, 3.8) is 0 Å². The monoisotopic (exact) mass is 451 g/mol. The summed E-state index contributed by atoms with van der Waals surface area (Å²) in [4.78, 5) is 16.4. The Bertz CT molecular complexity index is 1080. The average Bonchev–Trinajstić information content (AvgIpc) is 3.20. The molecule has 0 saturated carbocycles. The highest BCUT2D eigenvalue weighted by Gasteiger charge is 2.41. The van der Waals surface area contributed by atoms with Crippen LogP contribution in [0.5, 0.6) is 5.75 Å². The van der Waals surface area contributed by atoms with E-state index in [-0.39, 0.29) is 5.92 Å². The summed E-state index contributed by atoms with van der Waals surface area (Å²) in [6.07, 6.45) is 0.652. The van der Waals surface area contributed by atoms with Gasteiger partial charge in [-0.3, -0.25) is 0 Å². The summed E-state index contributed by atoms with van der Waals surface area (Å²) in [6, 6.07) is 16.0. The highest BCUT2D eigenvalue weighted by atomic mass is 16.7. The molecule has 0 amide bonds. The zero-order valence-corrected chi connectivity index (χ0v) is 19.4. The molecule has 174 valence electrons. The van der Waals surface area contributed by atoms with E-state index >= 15 is 0 Å². The van der Waals surface area contributed by atoms with E-state index in [2.05, 4.69) is 11.9 Å². The van der Waals surface area contributed by atoms with Crippen molar-refractivity contribution in [3.05, 3.63) is 71.1 Å². The molecule has 1 saturated heterocycles. The van der Waals surface area contributed by atoms with Gasteiger partial charge >= 0.3 is 5.97 Å². The molecular formula is C26H29NO6. The predicted molar refractivity (Wildman–Crippen MR) is 122 cm³/mol. The van der Waals surface area contributed by atoms with Crippen molar-refractivity contribution < 1.29 is 28.2 Å². The largest absolute Gasteiger partial charge is 0.493 e. The van der Waals surface area contributed by atoms with Gasteiger partial charge in [-0.25, -0.2) is 9.78 Å². The molecule has 7 heteroatoms. The Kier molecular flexibility index (Phi) is 6.81. The third-order valence-corrected chi connectivity index (χ3v) is 5.83. The lowest BCUT2D eigenvalue weighted by Crippen LogP contribution is -2.47. The van der Waals surface area contributed by atoms with Crippen LogP contribution in [0, 0.1) is 13.8 Å². The number of carbonyl (C=O) groups is 1. The summed E-state index contributed by atoms with van der Waals surface area (Å²) in [7, 11) is 1.32. The van der Waals surface area contributed by atoms with Gasteiger partial charge in [-0.2, -0.15) is 0 Å². The van der Waals surface area contributed by atoms with Gasteiger partial charge in [0, 0.05) is 24.8 Å². The van der Waals surface area contributed by atoms with E-state index in [9.17, 15) is 4.79 Å². The molecule has 7 nitrogen and oxygen atoms in total. The quantitative estimate of drug-likeness (QED) is 0.486. The van der Waals surface area contributed by atoms with Crippen LogP contribution in [-0.4, -0.2) is 43.7 Å². The Labute approximate surface area is 193 Å². The average molecular weight is 452 g/mol. The lowest BCUT2D eigenvalue weighted by molar-refractivity contribution is -0.264. The number of aromatic nitrogens is 1. The molecular weight excluding hydrogens is 422 g/mol. The van der Waals surface area contributed by atoms with Crippen molar-refractivity contribution in [2.75, 3.05) is 26.9 Å². The van der Waals surface area contributed by atoms with Gasteiger partial charge in [0.15, 0.2) is 0 Å². The van der Waals surface area contributed by atoms with E-state index in [4.69, 9.17) is 23.4 Å². The fourth-order valence-corrected chi connectivity index (χ4v) is 3.69. The number of esters is 1. The van der Waals surface area contributed by atoms with Gasteiger partial charge in [-0.1, -0.05) is 29.8 Å². The summed E-state index contributed by atoms with van der Waals surface area (Å²) in [5.74, 6) is 0.378. The molecule has 0 aliphatic carbocycles. The van der Waals surface area contributed by atoms with E-state index in [0.29, 0.717) is 32.1 Å². The van der Waals surface area contributed by atoms with Crippen molar-refractivity contribution in [1.82, 2.24) is 4.98 Å². The molecule has 2 aromatic carbocycles. The van der Waals surface area contributed by atoms with Crippen molar-refractivity contribution in [3.8, 4) is 17.2 Å². The van der Waals surface area contributed by atoms with Gasteiger partial charge in [0.2, 0.25) is 5.89 Å². The molecule has 0 N–H and O–H groups in total. The maximum atomic E-state index is 11.8. The highest BCUT2D eigenvalue weighted by molar-refractivity contribution is 5.77. The maximum absolute atomic E-state index is 11.8. The number of hydrogen-bond donors (Lipinski definition) is 0. The van der Waals surface area contributed by atoms with Crippen LogP contribution in [0.4, 0.5) is 0 Å². The zero-order chi connectivity index (χ0) is 23.4. The highest BCUT2D eigenvalue weighted by Crippen LogP contribution is 2.29. The molecule has 1 fully saturated rings. The Balaban J connectivity index is 1.29. The van der Waals surface area contributed by atoms with Gasteiger partial charge < -0.3 is 23.4 Å². The fourth-order valence-electron chi connectivity index (χ4n) is 3.69. The molecule has 0 unspecified atom stereocenters. The normalized spacial score (nSPS) is 20.4. The second-order valence-electron chi connectivity index (χ2n) is 8.31. The van der Waals surface area contributed by atoms with Gasteiger partial charge in [0.25, 0.3) is 5.79 Å². The molecule has 1 aliphatic heterocycles. The van der Waals surface area contributed by atoms with Crippen molar-refractivity contribution in [2.45, 2.75) is 38.9 Å². The molecule has 2 heterocycles. The summed E-state index contributed by atoms with van der Waals surface area (Å²) in [6.45, 7) is 6.80. The Hall–Kier alpha value is -3.16. The topological polar surface area (TPSA) is 80.0 Å². The van der Waals surface area contributed by atoms with Crippen molar-refractivity contribution >= 4 is 5.97 Å². The van der Waals surface area contributed by atoms with Crippen molar-refractivity contribution in [1.29, 1.82) is 0 Å². The maximum Gasteiger partial charge on any atom is 0.366 e. The summed E-state index contributed by atoms with van der Waals surface area (Å²) >= 11 is 0. The molecule has 0 radical (unpaired) electrons. The molecule has 3 aromatic rings. The van der Waals surface area contributed by atoms with E-state index in [0.717, 1.165) is 28.3 Å². The number of carbonyl (C=O) groups excluding carboxylic acids is 1. The van der Waals surface area contributed by atoms with Gasteiger partial charge in [0.1, 0.15) is 11.5 Å². The van der Waals surface area contributed by atoms with Gasteiger partial charge in [0.05, 0.1) is 32.6 Å². The minimum absolute atomic E-state index is 0.0368. The minimum atomic E-state index is -1.34. The minimum Gasteiger partial charge on any atom is -0.493 e. The fraction of sp³-hybridized carbons (Fsp3) is 0.385. The number of benzene rings is 2. The summed E-state index contributed by atoms with van der Waals surface area (Å²) in [5.41, 5.74) is 4.12. The SMILES string of the molecule is COC(=O)C1(C)OCC(c2ccc(OCCc3nc(-c4ccc(C)cc4)oc3C)cc2)CO1. The van der Waals surface area contributed by atoms with E-state index in [1.165, 1.54) is 12.7 Å². The van der Waals surface area contributed by atoms with Crippen LogP contribution >= 0.6 is 0 Å². The standard InChI is InChI=1S/C26H29NO6/c1-17-5-7-20(8-6-17)24-27-23(18(2)33-24)13-14-30-22-11-9-19(10-12-22)21-15-31-26(3,32-16-21)25(28)29-4/h5-12,21H,13-16H2,1-4H3. The second-order valence-corrected chi connectivity index (χ2v) is 8.31. The van der Waals surface area contributed by atoms with Crippen LogP contribution in [0.2, 0.25) is 0 Å². The van der Waals surface area contributed by atoms with Crippen molar-refractivity contribution in [2.24, 2.45) is 0 Å². The van der Waals surface area contributed by atoms with Crippen LogP contribution in [0.15, 0.2) is 52.9 Å². The lowest BCUT2D eigenvalue weighted by atomic mass is 9.99. The second kappa shape index (κ2) is 9.77. The molecule has 0 atom stereocenters. The molecule has 0 spiro atoms. The number of hydrogen-bond acceptors (Lipinski definition) is 7. The molecule has 0 bridgehead atoms. The van der Waals surface area contributed by atoms with E-state index in [1.807, 2.05) is 55.5 Å². The number of aryl methyl sites for hydroxylation is 2. The summed E-state index contributed by atoms with van der Waals surface area (Å²) in [5, 5.41) is 0. The number of ether oxygens (including phenoxy) is 4. The Morgan fingerprint density at radius 1 is 1.06 bits per heavy atom. The first-order valence-electron chi connectivity index (χ1n) is 11.0. The van der Waals surface area contributed by atoms with Gasteiger partial charge in [-0.15, -0.1) is 0 Å². The van der Waals surface area contributed by atoms with E-state index in [1.54, 1.807) is 6.92 Å². The lowest BCUT2D eigenvalue weighted by Gasteiger charge is -2.35. The molecule has 4 rings (SSSR count). The third-order valence-electron chi connectivity index (χ3n) is 5.83. The number of nitrogens with zero attached hydrogens (tertiary/aromatic N) is 1. The molecule has 33 heavy (non-hydrogen) atoms. The zero-order valence-electron chi connectivity index (χ0n) is 19.4. The van der Waals surface area contributed by atoms with Gasteiger partial charge in [-0.05, 0) is 43.7 Å². The third kappa shape index (κ3) is 5.26. The number of oxazole rings is 1. The predicted octanol–water partition coefficient (Wildman–Crippen LogP) is 4.60. The smallest absolute Gasteiger partial charge is 0.366 e. The molecule has 1 aromatic heterocycles. The van der Waals surface area contributed by atoms with Crippen LogP contribution in [0.3, 0.4) is 0 Å². The Morgan fingerprint density at radius 2 is 1.73 bits per heavy atom. The Morgan fingerprint density at radius 3 is 2.36 bits per heavy atom. The first-order chi connectivity index (χ1) is 15.9. The first-order valence-corrected chi connectivity index (χ1v) is 11.0. The number of rotatable bonds is 7. The van der Waals surface area contributed by atoms with Crippen LogP contribution < -0.4 is 4.74 Å². The first kappa shape index (κ1) is 23.0.